The van der Waals surface area contributed by atoms with Gasteiger partial charge in [-0.1, -0.05) is 29.8 Å². The number of aromatic nitrogens is 2. The van der Waals surface area contributed by atoms with Gasteiger partial charge in [-0.2, -0.15) is 0 Å². The van der Waals surface area contributed by atoms with Crippen LogP contribution in [0.3, 0.4) is 0 Å². The van der Waals surface area contributed by atoms with Crippen LogP contribution in [0, 0.1) is 13.8 Å². The average molecular weight is 376 g/mol. The smallest absolute Gasteiger partial charge is 0.262 e. The monoisotopic (exact) mass is 375 g/mol. The van der Waals surface area contributed by atoms with E-state index >= 15 is 0 Å². The molecule has 1 N–H and O–H groups in total. The molecule has 25 heavy (non-hydrogen) atoms. The number of fused-ring (bicyclic) bond motifs is 1. The number of hydrogen-bond donors (Lipinski definition) is 1. The Morgan fingerprint density at radius 2 is 2.08 bits per heavy atom. The summed E-state index contributed by atoms with van der Waals surface area (Å²) in [5, 5.41) is 4.06. The van der Waals surface area contributed by atoms with E-state index in [1.807, 2.05) is 39.0 Å². The molecule has 0 unspecified atom stereocenters. The van der Waals surface area contributed by atoms with Crippen LogP contribution >= 0.6 is 22.9 Å². The molecule has 130 valence electrons. The van der Waals surface area contributed by atoms with Crippen molar-refractivity contribution < 1.29 is 4.79 Å². The third-order valence-electron chi connectivity index (χ3n) is 4.22. The highest BCUT2D eigenvalue weighted by molar-refractivity contribution is 7.18. The molecule has 3 rings (SSSR count). The molecule has 0 saturated heterocycles. The summed E-state index contributed by atoms with van der Waals surface area (Å²) in [4.78, 5) is 31.1. The zero-order valence-corrected chi connectivity index (χ0v) is 15.7. The molecule has 0 spiro atoms. The lowest BCUT2D eigenvalue weighted by atomic mass is 10.1. The van der Waals surface area contributed by atoms with E-state index in [4.69, 9.17) is 11.6 Å². The molecule has 3 aromatic rings. The van der Waals surface area contributed by atoms with Crippen molar-refractivity contribution in [2.24, 2.45) is 0 Å². The Hall–Kier alpha value is -2.18. The van der Waals surface area contributed by atoms with Gasteiger partial charge in [-0.05, 0) is 38.0 Å². The first-order valence-corrected chi connectivity index (χ1v) is 9.07. The van der Waals surface area contributed by atoms with Crippen molar-refractivity contribution >= 4 is 39.1 Å². The van der Waals surface area contributed by atoms with E-state index in [2.05, 4.69) is 10.3 Å². The molecule has 0 aliphatic carbocycles. The van der Waals surface area contributed by atoms with Crippen molar-refractivity contribution in [2.75, 3.05) is 0 Å². The van der Waals surface area contributed by atoms with Gasteiger partial charge in [0, 0.05) is 9.90 Å². The topological polar surface area (TPSA) is 64.0 Å². The Morgan fingerprint density at radius 1 is 1.36 bits per heavy atom. The van der Waals surface area contributed by atoms with Gasteiger partial charge in [0.15, 0.2) is 0 Å². The maximum absolute atomic E-state index is 12.6. The first-order valence-electron chi connectivity index (χ1n) is 7.87. The average Bonchev–Trinajstić information content (AvgIpc) is 2.85. The van der Waals surface area contributed by atoms with Gasteiger partial charge in [0.1, 0.15) is 11.4 Å². The number of halogens is 1. The minimum absolute atomic E-state index is 0.0785. The second-order valence-corrected chi connectivity index (χ2v) is 7.56. The molecular weight excluding hydrogens is 358 g/mol. The van der Waals surface area contributed by atoms with Crippen molar-refractivity contribution in [1.29, 1.82) is 0 Å². The molecule has 0 saturated carbocycles. The van der Waals surface area contributed by atoms with Crippen molar-refractivity contribution in [3.63, 3.8) is 0 Å². The predicted octanol–water partition coefficient (Wildman–Crippen LogP) is 3.61. The molecule has 7 heteroatoms. The molecular formula is C18H18ClN3O2S. The highest BCUT2D eigenvalue weighted by Crippen LogP contribution is 2.25. The minimum Gasteiger partial charge on any atom is -0.348 e. The fraction of sp³-hybridized carbons (Fsp3) is 0.278. The Morgan fingerprint density at radius 3 is 2.80 bits per heavy atom. The van der Waals surface area contributed by atoms with Crippen LogP contribution in [-0.2, 0) is 11.3 Å². The zero-order valence-electron chi connectivity index (χ0n) is 14.2. The fourth-order valence-corrected chi connectivity index (χ4v) is 4.02. The first kappa shape index (κ1) is 17.6. The molecule has 0 bridgehead atoms. The number of nitrogens with one attached hydrogen (secondary N) is 1. The van der Waals surface area contributed by atoms with Gasteiger partial charge < -0.3 is 5.32 Å². The fourth-order valence-electron chi connectivity index (χ4n) is 2.73. The Bertz CT molecular complexity index is 1010. The molecule has 1 amide bonds. The molecule has 5 nitrogen and oxygen atoms in total. The summed E-state index contributed by atoms with van der Waals surface area (Å²) in [7, 11) is 0. The number of aryl methyl sites for hydroxylation is 2. The van der Waals surface area contributed by atoms with E-state index in [1.165, 1.54) is 22.2 Å². The van der Waals surface area contributed by atoms with E-state index in [-0.39, 0.29) is 24.1 Å². The van der Waals surface area contributed by atoms with Gasteiger partial charge in [0.05, 0.1) is 17.8 Å². The number of hydrogen-bond acceptors (Lipinski definition) is 4. The molecule has 2 heterocycles. The quantitative estimate of drug-likeness (QED) is 0.757. The summed E-state index contributed by atoms with van der Waals surface area (Å²) in [5.74, 6) is -0.264. The van der Waals surface area contributed by atoms with Crippen LogP contribution in [0.1, 0.15) is 29.0 Å². The van der Waals surface area contributed by atoms with Crippen molar-refractivity contribution in [3.8, 4) is 0 Å². The molecule has 1 aromatic carbocycles. The lowest BCUT2D eigenvalue weighted by molar-refractivity contribution is -0.122. The SMILES string of the molecule is Cc1sc2ncn(CC(=O)N[C@H](C)c3ccccc3Cl)c(=O)c2c1C. The normalized spacial score (nSPS) is 12.3. The van der Waals surface area contributed by atoms with Gasteiger partial charge >= 0.3 is 0 Å². The van der Waals surface area contributed by atoms with Gasteiger partial charge in [0.2, 0.25) is 5.91 Å². The van der Waals surface area contributed by atoms with Crippen molar-refractivity contribution in [2.45, 2.75) is 33.4 Å². The van der Waals surface area contributed by atoms with Crippen LogP contribution < -0.4 is 10.9 Å². The molecule has 0 radical (unpaired) electrons. The third-order valence-corrected chi connectivity index (χ3v) is 5.68. The first-order chi connectivity index (χ1) is 11.9. The van der Waals surface area contributed by atoms with Crippen LogP contribution in [0.5, 0.6) is 0 Å². The van der Waals surface area contributed by atoms with E-state index < -0.39 is 0 Å². The number of rotatable bonds is 4. The number of thiophene rings is 1. The largest absolute Gasteiger partial charge is 0.348 e. The van der Waals surface area contributed by atoms with Crippen LogP contribution in [0.2, 0.25) is 5.02 Å². The molecule has 2 aromatic heterocycles. The molecule has 1 atom stereocenters. The Labute approximate surface area is 154 Å². The van der Waals surface area contributed by atoms with E-state index in [0.717, 1.165) is 16.0 Å². The Balaban J connectivity index is 1.81. The maximum Gasteiger partial charge on any atom is 0.262 e. The van der Waals surface area contributed by atoms with E-state index in [0.29, 0.717) is 15.2 Å². The molecule has 0 aliphatic heterocycles. The molecule has 0 fully saturated rings. The lowest BCUT2D eigenvalue weighted by Crippen LogP contribution is -2.34. The van der Waals surface area contributed by atoms with Crippen LogP contribution in [-0.4, -0.2) is 15.5 Å². The number of benzene rings is 1. The Kier molecular flexibility index (Phi) is 4.92. The lowest BCUT2D eigenvalue weighted by Gasteiger charge is -2.16. The van der Waals surface area contributed by atoms with Gasteiger partial charge in [-0.15, -0.1) is 11.3 Å². The molecule has 0 aliphatic rings. The van der Waals surface area contributed by atoms with Gasteiger partial charge in [0.25, 0.3) is 5.56 Å². The van der Waals surface area contributed by atoms with Crippen LogP contribution in [0.4, 0.5) is 0 Å². The summed E-state index contributed by atoms with van der Waals surface area (Å²) < 4.78 is 1.34. The van der Waals surface area contributed by atoms with Gasteiger partial charge in [-0.25, -0.2) is 4.98 Å². The number of carbonyl (C=O) groups is 1. The zero-order chi connectivity index (χ0) is 18.1. The highest BCUT2D eigenvalue weighted by Gasteiger charge is 2.16. The van der Waals surface area contributed by atoms with Gasteiger partial charge in [-0.3, -0.25) is 14.2 Å². The highest BCUT2D eigenvalue weighted by atomic mass is 35.5. The van der Waals surface area contributed by atoms with E-state index in [9.17, 15) is 9.59 Å². The second kappa shape index (κ2) is 6.98. The second-order valence-electron chi connectivity index (χ2n) is 5.95. The van der Waals surface area contributed by atoms with E-state index in [1.54, 1.807) is 6.07 Å². The number of amides is 1. The summed E-state index contributed by atoms with van der Waals surface area (Å²) in [6, 6.07) is 7.10. The summed E-state index contributed by atoms with van der Waals surface area (Å²) in [6.07, 6.45) is 1.43. The summed E-state index contributed by atoms with van der Waals surface area (Å²) >= 11 is 7.65. The predicted molar refractivity (Wildman–Crippen MR) is 101 cm³/mol. The van der Waals surface area contributed by atoms with Crippen LogP contribution in [0.15, 0.2) is 35.4 Å². The van der Waals surface area contributed by atoms with Crippen molar-refractivity contribution in [1.82, 2.24) is 14.9 Å². The third kappa shape index (κ3) is 3.45. The van der Waals surface area contributed by atoms with Crippen LogP contribution in [0.25, 0.3) is 10.2 Å². The number of carbonyl (C=O) groups excluding carboxylic acids is 1. The number of nitrogens with zero attached hydrogens (tertiary/aromatic N) is 2. The minimum atomic E-state index is -0.264. The van der Waals surface area contributed by atoms with Crippen molar-refractivity contribution in [3.05, 3.63) is 62.0 Å². The maximum atomic E-state index is 12.6. The standard InChI is InChI=1S/C18H18ClN3O2S/c1-10-12(3)25-17-16(10)18(24)22(9-20-17)8-15(23)21-11(2)13-6-4-5-7-14(13)19/h4-7,9,11H,8H2,1-3H3,(H,21,23)/t11-/m1/s1. The summed E-state index contributed by atoms with van der Waals surface area (Å²) in [6.45, 7) is 5.64. The summed E-state index contributed by atoms with van der Waals surface area (Å²) in [5.41, 5.74) is 1.58.